The molecule has 0 amide bonds. The van der Waals surface area contributed by atoms with E-state index in [2.05, 4.69) is 78.5 Å². The van der Waals surface area contributed by atoms with Crippen molar-refractivity contribution in [2.24, 2.45) is 0 Å². The Labute approximate surface area is 165 Å². The molecular formula is C25H24N2O. The van der Waals surface area contributed by atoms with Crippen molar-refractivity contribution in [3.8, 4) is 5.75 Å². The molecule has 0 bridgehead atoms. The van der Waals surface area contributed by atoms with Gasteiger partial charge in [0, 0.05) is 40.3 Å². The van der Waals surface area contributed by atoms with Gasteiger partial charge >= 0.3 is 0 Å². The monoisotopic (exact) mass is 368 g/mol. The van der Waals surface area contributed by atoms with Crippen LogP contribution in [-0.4, -0.2) is 10.1 Å². The highest BCUT2D eigenvalue weighted by atomic mass is 16.3. The highest BCUT2D eigenvalue weighted by molar-refractivity contribution is 5.85. The number of benzene rings is 3. The minimum atomic E-state index is -0.0293. The number of fused-ring (bicyclic) bond motifs is 2. The van der Waals surface area contributed by atoms with E-state index in [9.17, 15) is 5.11 Å². The molecule has 5 rings (SSSR count). The number of H-pyrrole nitrogens is 1. The van der Waals surface area contributed by atoms with E-state index in [0.717, 1.165) is 6.54 Å². The van der Waals surface area contributed by atoms with Crippen molar-refractivity contribution in [1.82, 2.24) is 4.98 Å². The maximum Gasteiger partial charge on any atom is 0.115 e. The highest BCUT2D eigenvalue weighted by Gasteiger charge is 2.45. The Balaban J connectivity index is 1.67. The predicted octanol–water partition coefficient (Wildman–Crippen LogP) is 5.91. The number of phenolic OH excluding ortho intramolecular Hbond substituents is 1. The average Bonchev–Trinajstić information content (AvgIpc) is 3.21. The zero-order valence-corrected chi connectivity index (χ0v) is 16.2. The van der Waals surface area contributed by atoms with Gasteiger partial charge < -0.3 is 15.0 Å². The average molecular weight is 368 g/mol. The summed E-state index contributed by atoms with van der Waals surface area (Å²) in [5.41, 5.74) is 6.33. The number of aromatic nitrogens is 1. The summed E-state index contributed by atoms with van der Waals surface area (Å²) in [5, 5.41) is 10.9. The number of anilines is 1. The SMILES string of the molecule is CC1(C)c2ccccc2N(Cc2ccc(O)cc2)C1c1c[nH]c2ccccc12. The maximum absolute atomic E-state index is 9.66. The summed E-state index contributed by atoms with van der Waals surface area (Å²) in [4.78, 5) is 5.97. The molecule has 0 saturated heterocycles. The first-order chi connectivity index (χ1) is 13.6. The molecule has 1 unspecified atom stereocenters. The standard InChI is InChI=1S/C25H24N2O/c1-25(2)21-8-4-6-10-23(21)27(16-17-11-13-18(28)14-12-17)24(25)20-15-26-22-9-5-3-7-19(20)22/h3-15,24,26,28H,16H2,1-2H3. The molecule has 3 nitrogen and oxygen atoms in total. The van der Waals surface area contributed by atoms with Gasteiger partial charge in [-0.1, -0.05) is 62.4 Å². The summed E-state index contributed by atoms with van der Waals surface area (Å²) in [6.45, 7) is 5.48. The molecule has 1 atom stereocenters. The van der Waals surface area contributed by atoms with Crippen LogP contribution in [0.25, 0.3) is 10.9 Å². The molecule has 2 heterocycles. The van der Waals surface area contributed by atoms with E-state index < -0.39 is 0 Å². The van der Waals surface area contributed by atoms with E-state index >= 15 is 0 Å². The van der Waals surface area contributed by atoms with Crippen LogP contribution in [-0.2, 0) is 12.0 Å². The summed E-state index contributed by atoms with van der Waals surface area (Å²) in [5.74, 6) is 0.305. The molecule has 0 aliphatic carbocycles. The third kappa shape index (κ3) is 2.50. The molecule has 1 aliphatic heterocycles. The Bertz CT molecular complexity index is 1140. The first-order valence-corrected chi connectivity index (χ1v) is 9.76. The molecule has 0 saturated carbocycles. The van der Waals surface area contributed by atoms with Crippen LogP contribution >= 0.6 is 0 Å². The highest BCUT2D eigenvalue weighted by Crippen LogP contribution is 2.54. The van der Waals surface area contributed by atoms with Crippen molar-refractivity contribution in [3.05, 3.63) is 95.7 Å². The van der Waals surface area contributed by atoms with Crippen molar-refractivity contribution < 1.29 is 5.11 Å². The molecule has 3 aromatic carbocycles. The Kier molecular flexibility index (Phi) is 3.73. The lowest BCUT2D eigenvalue weighted by Crippen LogP contribution is -2.33. The van der Waals surface area contributed by atoms with E-state index in [0.29, 0.717) is 5.75 Å². The van der Waals surface area contributed by atoms with Gasteiger partial charge in [-0.05, 0) is 35.4 Å². The quantitative estimate of drug-likeness (QED) is 0.472. The lowest BCUT2D eigenvalue weighted by molar-refractivity contribution is 0.428. The molecule has 3 heteroatoms. The Morgan fingerprint density at radius 3 is 2.46 bits per heavy atom. The predicted molar refractivity (Wildman–Crippen MR) is 115 cm³/mol. The second-order valence-electron chi connectivity index (χ2n) is 8.23. The van der Waals surface area contributed by atoms with Crippen molar-refractivity contribution in [1.29, 1.82) is 0 Å². The number of rotatable bonds is 3. The molecule has 1 aliphatic rings. The lowest BCUT2D eigenvalue weighted by atomic mass is 9.77. The van der Waals surface area contributed by atoms with Gasteiger partial charge in [-0.15, -0.1) is 0 Å². The van der Waals surface area contributed by atoms with Gasteiger partial charge in [0.05, 0.1) is 6.04 Å². The topological polar surface area (TPSA) is 39.3 Å². The summed E-state index contributed by atoms with van der Waals surface area (Å²) < 4.78 is 0. The van der Waals surface area contributed by atoms with Crippen molar-refractivity contribution >= 4 is 16.6 Å². The van der Waals surface area contributed by atoms with Crippen LogP contribution in [0.15, 0.2) is 79.0 Å². The third-order valence-corrected chi connectivity index (χ3v) is 6.11. The molecule has 1 aromatic heterocycles. The largest absolute Gasteiger partial charge is 0.508 e. The van der Waals surface area contributed by atoms with Crippen LogP contribution in [0.4, 0.5) is 5.69 Å². The molecule has 140 valence electrons. The van der Waals surface area contributed by atoms with Gasteiger partial charge in [0.2, 0.25) is 0 Å². The van der Waals surface area contributed by atoms with E-state index in [1.165, 1.54) is 33.3 Å². The van der Waals surface area contributed by atoms with Crippen LogP contribution in [0.5, 0.6) is 5.75 Å². The van der Waals surface area contributed by atoms with Crippen LogP contribution in [0, 0.1) is 0 Å². The minimum Gasteiger partial charge on any atom is -0.508 e. The number of aromatic hydroxyl groups is 1. The molecule has 0 spiro atoms. The van der Waals surface area contributed by atoms with Crippen LogP contribution in [0.3, 0.4) is 0 Å². The fourth-order valence-corrected chi connectivity index (χ4v) is 4.80. The first kappa shape index (κ1) is 16.9. The van der Waals surface area contributed by atoms with E-state index in [-0.39, 0.29) is 11.5 Å². The van der Waals surface area contributed by atoms with Gasteiger partial charge in [0.25, 0.3) is 0 Å². The second kappa shape index (κ2) is 6.16. The van der Waals surface area contributed by atoms with E-state index in [4.69, 9.17) is 0 Å². The minimum absolute atomic E-state index is 0.0293. The maximum atomic E-state index is 9.66. The normalized spacial score (nSPS) is 17.8. The molecule has 2 N–H and O–H groups in total. The number of nitrogens with one attached hydrogen (secondary N) is 1. The van der Waals surface area contributed by atoms with Crippen molar-refractivity contribution in [2.45, 2.75) is 31.8 Å². The van der Waals surface area contributed by atoms with Gasteiger partial charge in [-0.2, -0.15) is 0 Å². The number of hydrogen-bond acceptors (Lipinski definition) is 2. The Morgan fingerprint density at radius 2 is 1.64 bits per heavy atom. The smallest absolute Gasteiger partial charge is 0.115 e. The number of nitrogens with zero attached hydrogens (tertiary/aromatic N) is 1. The van der Waals surface area contributed by atoms with Crippen molar-refractivity contribution in [2.75, 3.05) is 4.90 Å². The van der Waals surface area contributed by atoms with Gasteiger partial charge in [0.1, 0.15) is 5.75 Å². The number of phenols is 1. The van der Waals surface area contributed by atoms with Gasteiger partial charge in [0.15, 0.2) is 0 Å². The fourth-order valence-electron chi connectivity index (χ4n) is 4.80. The molecule has 0 radical (unpaired) electrons. The first-order valence-electron chi connectivity index (χ1n) is 9.76. The molecule has 4 aromatic rings. The summed E-state index contributed by atoms with van der Waals surface area (Å²) in [6, 6.07) is 25.0. The van der Waals surface area contributed by atoms with Crippen LogP contribution < -0.4 is 4.90 Å². The van der Waals surface area contributed by atoms with Crippen molar-refractivity contribution in [3.63, 3.8) is 0 Å². The zero-order valence-electron chi connectivity index (χ0n) is 16.2. The number of hydrogen-bond donors (Lipinski definition) is 2. The van der Waals surface area contributed by atoms with Crippen LogP contribution in [0.2, 0.25) is 0 Å². The summed E-state index contributed by atoms with van der Waals surface area (Å²) >= 11 is 0. The molecule has 0 fully saturated rings. The second-order valence-corrected chi connectivity index (χ2v) is 8.23. The van der Waals surface area contributed by atoms with Gasteiger partial charge in [-0.25, -0.2) is 0 Å². The lowest BCUT2D eigenvalue weighted by Gasteiger charge is -2.35. The Morgan fingerprint density at radius 1 is 0.929 bits per heavy atom. The zero-order chi connectivity index (χ0) is 19.3. The third-order valence-electron chi connectivity index (χ3n) is 6.11. The van der Waals surface area contributed by atoms with E-state index in [1.807, 2.05) is 12.1 Å². The Hall–Kier alpha value is -3.20. The number of para-hydroxylation sites is 2. The summed E-state index contributed by atoms with van der Waals surface area (Å²) in [7, 11) is 0. The molecule has 28 heavy (non-hydrogen) atoms. The van der Waals surface area contributed by atoms with E-state index in [1.54, 1.807) is 12.1 Å². The summed E-state index contributed by atoms with van der Waals surface area (Å²) in [6.07, 6.45) is 2.17. The fraction of sp³-hybridized carbons (Fsp3) is 0.200. The number of aromatic amines is 1. The van der Waals surface area contributed by atoms with Crippen LogP contribution in [0.1, 0.15) is 36.6 Å². The molecular weight excluding hydrogens is 344 g/mol. The van der Waals surface area contributed by atoms with Gasteiger partial charge in [-0.3, -0.25) is 0 Å².